The lowest BCUT2D eigenvalue weighted by Gasteiger charge is -2.17. The number of carbonyl (C=O) groups is 3. The lowest BCUT2D eigenvalue weighted by atomic mass is 10.1. The van der Waals surface area contributed by atoms with Gasteiger partial charge in [0.15, 0.2) is 6.61 Å². The first-order valence-corrected chi connectivity index (χ1v) is 11.2. The highest BCUT2D eigenvalue weighted by Crippen LogP contribution is 2.39. The first-order valence-electron chi connectivity index (χ1n) is 10.4. The van der Waals surface area contributed by atoms with E-state index in [1.807, 2.05) is 0 Å². The number of halogens is 2. The monoisotopic (exact) mass is 557 g/mol. The van der Waals surface area contributed by atoms with E-state index in [9.17, 15) is 19.5 Å². The Labute approximate surface area is 223 Å². The highest BCUT2D eigenvalue weighted by Gasteiger charge is 2.22. The third kappa shape index (κ3) is 6.42. The molecular weight excluding hydrogens is 533 g/mol. The van der Waals surface area contributed by atoms with Crippen LogP contribution in [0.3, 0.4) is 0 Å². The molecule has 1 heterocycles. The Kier molecular flexibility index (Phi) is 10.4. The second-order valence-electron chi connectivity index (χ2n) is 7.52. The zero-order valence-corrected chi connectivity index (χ0v) is 21.6. The number of fused-ring (bicyclic) bond motifs is 1. The number of aromatic carboxylic acids is 1. The fraction of sp³-hybridized carbons (Fsp3) is 0.261. The summed E-state index contributed by atoms with van der Waals surface area (Å²) in [4.78, 5) is 35.8. The van der Waals surface area contributed by atoms with Crippen molar-refractivity contribution in [2.45, 2.75) is 6.04 Å². The van der Waals surface area contributed by atoms with Gasteiger partial charge in [-0.25, -0.2) is 4.79 Å². The van der Waals surface area contributed by atoms with E-state index in [1.165, 1.54) is 24.3 Å². The molecule has 0 radical (unpaired) electrons. The molecule has 0 unspecified atom stereocenters. The molecule has 1 aromatic heterocycles. The predicted molar refractivity (Wildman–Crippen MR) is 140 cm³/mol. The molecule has 3 aromatic rings. The van der Waals surface area contributed by atoms with Crippen LogP contribution < -0.4 is 15.4 Å². The maximum absolute atomic E-state index is 13.0. The van der Waals surface area contributed by atoms with E-state index in [2.05, 4.69) is 10.6 Å². The fourth-order valence-electron chi connectivity index (χ4n) is 3.42. The Morgan fingerprint density at radius 1 is 1.08 bits per heavy atom. The summed E-state index contributed by atoms with van der Waals surface area (Å²) in [6.07, 6.45) is 0. The molecule has 3 rings (SSSR count). The van der Waals surface area contributed by atoms with Gasteiger partial charge in [-0.05, 0) is 23.8 Å². The van der Waals surface area contributed by atoms with Crippen molar-refractivity contribution in [3.05, 3.63) is 63.3 Å². The van der Waals surface area contributed by atoms with Gasteiger partial charge in [0.2, 0.25) is 0 Å². The van der Waals surface area contributed by atoms with Crippen molar-refractivity contribution >= 4 is 65.4 Å². The summed E-state index contributed by atoms with van der Waals surface area (Å²) in [5.74, 6) is -1.91. The Hall–Kier alpha value is -2.96. The average molecular weight is 558 g/mol. The smallest absolute Gasteiger partial charge is 0.335 e. The molecular formula is C23H25Cl2N3O7S. The third-order valence-corrected chi connectivity index (χ3v) is 6.13. The summed E-state index contributed by atoms with van der Waals surface area (Å²) < 4.78 is 7.04. The van der Waals surface area contributed by atoms with E-state index in [0.717, 1.165) is 0 Å². The number of aliphatic hydroxyl groups excluding tert-OH is 2. The van der Waals surface area contributed by atoms with Gasteiger partial charge in [0, 0.05) is 25.0 Å². The molecule has 0 saturated carbocycles. The molecule has 10 nitrogen and oxygen atoms in total. The number of nitrogens with one attached hydrogen (secondary N) is 2. The zero-order chi connectivity index (χ0) is 25.7. The number of amides is 2. The van der Waals surface area contributed by atoms with E-state index in [4.69, 9.17) is 38.2 Å². The van der Waals surface area contributed by atoms with Gasteiger partial charge in [-0.1, -0.05) is 35.3 Å². The van der Waals surface area contributed by atoms with Gasteiger partial charge < -0.3 is 35.3 Å². The van der Waals surface area contributed by atoms with Crippen LogP contribution in [0.25, 0.3) is 10.9 Å². The number of aliphatic hydroxyl groups is 2. The maximum atomic E-state index is 13.0. The molecule has 194 valence electrons. The van der Waals surface area contributed by atoms with Crippen LogP contribution in [0.1, 0.15) is 32.5 Å². The van der Waals surface area contributed by atoms with Gasteiger partial charge in [0.05, 0.1) is 35.4 Å². The van der Waals surface area contributed by atoms with Gasteiger partial charge in [-0.15, -0.1) is 0 Å². The number of aryl methyl sites for hydroxylation is 1. The number of hydrogen-bond donors (Lipinski definition) is 5. The highest BCUT2D eigenvalue weighted by molar-refractivity contribution is 7.59. The van der Waals surface area contributed by atoms with E-state index >= 15 is 0 Å². The van der Waals surface area contributed by atoms with E-state index in [-0.39, 0.29) is 60.3 Å². The number of rotatable bonds is 10. The predicted octanol–water partition coefficient (Wildman–Crippen LogP) is 2.25. The summed E-state index contributed by atoms with van der Waals surface area (Å²) in [6, 6.07) is 8.12. The first kappa shape index (κ1) is 29.3. The quantitative estimate of drug-likeness (QED) is 0.256. The minimum atomic E-state index is -1.08. The molecule has 0 aliphatic heterocycles. The fourth-order valence-corrected chi connectivity index (χ4v) is 3.87. The number of benzene rings is 2. The molecule has 5 N–H and O–H groups in total. The molecule has 36 heavy (non-hydrogen) atoms. The minimum Gasteiger partial charge on any atom is -0.482 e. The van der Waals surface area contributed by atoms with E-state index < -0.39 is 30.4 Å². The number of carboxylic acids is 1. The van der Waals surface area contributed by atoms with Crippen LogP contribution in [0.4, 0.5) is 0 Å². The second-order valence-corrected chi connectivity index (χ2v) is 8.28. The van der Waals surface area contributed by atoms with Crippen molar-refractivity contribution < 1.29 is 34.4 Å². The van der Waals surface area contributed by atoms with Crippen LogP contribution in [0.15, 0.2) is 36.4 Å². The Morgan fingerprint density at radius 3 is 2.33 bits per heavy atom. The molecule has 0 bridgehead atoms. The number of hydrogen-bond acceptors (Lipinski definition) is 6. The summed E-state index contributed by atoms with van der Waals surface area (Å²) in [5, 5.41) is 33.5. The molecule has 2 amide bonds. The van der Waals surface area contributed by atoms with Gasteiger partial charge in [-0.3, -0.25) is 9.59 Å². The number of aromatic nitrogens is 1. The second kappa shape index (κ2) is 12.8. The number of ether oxygens (including phenoxy) is 1. The summed E-state index contributed by atoms with van der Waals surface area (Å²) >= 11 is 12.7. The molecule has 13 heteroatoms. The summed E-state index contributed by atoms with van der Waals surface area (Å²) in [5.41, 5.74) is 1.35. The van der Waals surface area contributed by atoms with Crippen LogP contribution in [0.2, 0.25) is 10.0 Å². The normalized spacial score (nSPS) is 11.5. The maximum Gasteiger partial charge on any atom is 0.335 e. The molecule has 1 atom stereocenters. The Balaban J connectivity index is 0.00000456. The summed E-state index contributed by atoms with van der Waals surface area (Å²) in [6.45, 7) is -0.878. The minimum absolute atomic E-state index is 0. The molecule has 0 aliphatic rings. The van der Waals surface area contributed by atoms with Crippen LogP contribution >= 0.6 is 36.7 Å². The van der Waals surface area contributed by atoms with Crippen molar-refractivity contribution in [3.63, 3.8) is 0 Å². The van der Waals surface area contributed by atoms with Gasteiger partial charge in [0.1, 0.15) is 16.5 Å². The van der Waals surface area contributed by atoms with Crippen molar-refractivity contribution in [1.82, 2.24) is 15.2 Å². The van der Waals surface area contributed by atoms with E-state index in [1.54, 1.807) is 23.7 Å². The third-order valence-electron chi connectivity index (χ3n) is 5.27. The van der Waals surface area contributed by atoms with E-state index in [0.29, 0.717) is 16.5 Å². The number of carboxylic acid groups (broad SMARTS) is 1. The Morgan fingerprint density at radius 2 is 1.75 bits per heavy atom. The van der Waals surface area contributed by atoms with Crippen LogP contribution in [0.5, 0.6) is 5.75 Å². The zero-order valence-electron chi connectivity index (χ0n) is 19.0. The van der Waals surface area contributed by atoms with Crippen LogP contribution in [-0.2, 0) is 11.8 Å². The van der Waals surface area contributed by atoms with Gasteiger partial charge in [0.25, 0.3) is 11.8 Å². The van der Waals surface area contributed by atoms with Crippen molar-refractivity contribution in [2.75, 3.05) is 26.4 Å². The summed E-state index contributed by atoms with van der Waals surface area (Å²) in [7, 11) is 1.63. The van der Waals surface area contributed by atoms with Gasteiger partial charge in [-0.2, -0.15) is 13.5 Å². The van der Waals surface area contributed by atoms with Crippen LogP contribution in [-0.4, -0.2) is 64.0 Å². The topological polar surface area (TPSA) is 150 Å². The molecule has 0 fully saturated rings. The average Bonchev–Trinajstić information content (AvgIpc) is 3.18. The van der Waals surface area contributed by atoms with Crippen LogP contribution in [0, 0.1) is 0 Å². The van der Waals surface area contributed by atoms with Crippen molar-refractivity contribution in [2.24, 2.45) is 7.05 Å². The standard InChI is InChI=1S/C23H23Cl2N3O7.H2S/c1-28-16-9-18(35-11-19(31)26-6-7-29)21(25)20(24)14(16)8-17(28)22(32)27-15(10-30)12-2-4-13(5-3-12)23(33)34;/h2-5,8-9,15,29-30H,6-7,10-11H2,1H3,(H,26,31)(H,27,32)(H,33,34);1H2/t15-;/m1./s1. The number of carbonyl (C=O) groups excluding carboxylic acids is 2. The first-order chi connectivity index (χ1) is 16.7. The van der Waals surface area contributed by atoms with Gasteiger partial charge >= 0.3 is 5.97 Å². The molecule has 0 spiro atoms. The Bertz CT molecular complexity index is 1270. The molecule has 2 aromatic carbocycles. The van der Waals surface area contributed by atoms with Crippen molar-refractivity contribution in [3.8, 4) is 5.75 Å². The lowest BCUT2D eigenvalue weighted by Crippen LogP contribution is -2.32. The largest absolute Gasteiger partial charge is 0.482 e. The lowest BCUT2D eigenvalue weighted by molar-refractivity contribution is -0.123. The molecule has 0 aliphatic carbocycles. The highest BCUT2D eigenvalue weighted by atomic mass is 35.5. The van der Waals surface area contributed by atoms with Crippen molar-refractivity contribution in [1.29, 1.82) is 0 Å². The SMILES string of the molecule is Cn1c(C(=O)N[C@H](CO)c2ccc(C(=O)O)cc2)cc2c(Cl)c(Cl)c(OCC(=O)NCCO)cc21.S. The number of nitrogens with zero attached hydrogens (tertiary/aromatic N) is 1. The molecule has 0 saturated heterocycles.